The Morgan fingerprint density at radius 2 is 2.13 bits per heavy atom. The molecule has 0 heterocycles. The van der Waals surface area contributed by atoms with Gasteiger partial charge in [0.1, 0.15) is 0 Å². The van der Waals surface area contributed by atoms with E-state index in [1.54, 1.807) is 0 Å². The summed E-state index contributed by atoms with van der Waals surface area (Å²) in [6.45, 7) is 5.61. The highest BCUT2D eigenvalue weighted by atomic mass is 35.5. The Morgan fingerprint density at radius 1 is 1.47 bits per heavy atom. The summed E-state index contributed by atoms with van der Waals surface area (Å²) in [6.07, 6.45) is 1.38. The number of rotatable bonds is 4. The molecule has 1 aliphatic rings. The second kappa shape index (κ2) is 4.54. The summed E-state index contributed by atoms with van der Waals surface area (Å²) in [5, 5.41) is 4.41. The third-order valence-electron chi connectivity index (χ3n) is 3.33. The Kier molecular flexibility index (Phi) is 3.32. The first-order chi connectivity index (χ1) is 7.18. The van der Waals surface area contributed by atoms with Crippen molar-refractivity contribution in [2.24, 2.45) is 11.8 Å². The smallest absolute Gasteiger partial charge is 0.0453 e. The maximum Gasteiger partial charge on any atom is 0.0453 e. The van der Waals surface area contributed by atoms with E-state index in [2.05, 4.69) is 25.2 Å². The van der Waals surface area contributed by atoms with Crippen LogP contribution in [0.3, 0.4) is 0 Å². The van der Waals surface area contributed by atoms with Crippen LogP contribution in [0, 0.1) is 11.8 Å². The van der Waals surface area contributed by atoms with Crippen molar-refractivity contribution in [1.29, 1.82) is 0 Å². The predicted molar refractivity (Wildman–Crippen MR) is 65.1 cm³/mol. The summed E-state index contributed by atoms with van der Waals surface area (Å²) in [7, 11) is 0. The number of halogens is 1. The SMILES string of the molecule is CC(NCC1CC1C)c1ccccc1Cl. The van der Waals surface area contributed by atoms with E-state index in [4.69, 9.17) is 11.6 Å². The van der Waals surface area contributed by atoms with Crippen LogP contribution in [0.2, 0.25) is 5.02 Å². The highest BCUT2D eigenvalue weighted by molar-refractivity contribution is 6.31. The zero-order chi connectivity index (χ0) is 10.8. The van der Waals surface area contributed by atoms with Gasteiger partial charge in [0.2, 0.25) is 0 Å². The zero-order valence-electron chi connectivity index (χ0n) is 9.33. The molecule has 1 N–H and O–H groups in total. The number of benzene rings is 1. The van der Waals surface area contributed by atoms with E-state index in [9.17, 15) is 0 Å². The van der Waals surface area contributed by atoms with Gasteiger partial charge in [-0.2, -0.15) is 0 Å². The summed E-state index contributed by atoms with van der Waals surface area (Å²) in [4.78, 5) is 0. The van der Waals surface area contributed by atoms with Crippen LogP contribution in [0.4, 0.5) is 0 Å². The first-order valence-electron chi connectivity index (χ1n) is 5.66. The Morgan fingerprint density at radius 3 is 2.73 bits per heavy atom. The van der Waals surface area contributed by atoms with E-state index in [1.165, 1.54) is 12.0 Å². The minimum Gasteiger partial charge on any atom is -0.310 e. The maximum absolute atomic E-state index is 6.14. The number of hydrogen-bond donors (Lipinski definition) is 1. The van der Waals surface area contributed by atoms with Crippen molar-refractivity contribution >= 4 is 11.6 Å². The molecular formula is C13H18ClN. The summed E-state index contributed by atoms with van der Waals surface area (Å²) >= 11 is 6.14. The van der Waals surface area contributed by atoms with Gasteiger partial charge in [0, 0.05) is 11.1 Å². The van der Waals surface area contributed by atoms with Crippen LogP contribution in [0.5, 0.6) is 0 Å². The van der Waals surface area contributed by atoms with E-state index in [-0.39, 0.29) is 0 Å². The maximum atomic E-state index is 6.14. The minimum atomic E-state index is 0.353. The summed E-state index contributed by atoms with van der Waals surface area (Å²) < 4.78 is 0. The molecule has 1 aromatic carbocycles. The molecule has 1 nitrogen and oxygen atoms in total. The molecular weight excluding hydrogens is 206 g/mol. The normalized spacial score (nSPS) is 26.3. The van der Waals surface area contributed by atoms with Gasteiger partial charge in [-0.1, -0.05) is 36.7 Å². The molecule has 2 rings (SSSR count). The Bertz CT molecular complexity index is 337. The average molecular weight is 224 g/mol. The van der Waals surface area contributed by atoms with Crippen molar-refractivity contribution in [2.75, 3.05) is 6.54 Å². The fourth-order valence-corrected chi connectivity index (χ4v) is 2.25. The molecule has 1 aliphatic carbocycles. The zero-order valence-corrected chi connectivity index (χ0v) is 10.1. The van der Waals surface area contributed by atoms with E-state index in [1.807, 2.05) is 18.2 Å². The Hall–Kier alpha value is -0.530. The monoisotopic (exact) mass is 223 g/mol. The molecule has 0 saturated heterocycles. The largest absolute Gasteiger partial charge is 0.310 e. The molecule has 1 fully saturated rings. The van der Waals surface area contributed by atoms with Crippen LogP contribution in [-0.2, 0) is 0 Å². The molecule has 1 aromatic rings. The Balaban J connectivity index is 1.90. The van der Waals surface area contributed by atoms with E-state index in [0.29, 0.717) is 6.04 Å². The third kappa shape index (κ3) is 2.73. The van der Waals surface area contributed by atoms with Gasteiger partial charge in [-0.25, -0.2) is 0 Å². The van der Waals surface area contributed by atoms with Crippen molar-refractivity contribution in [3.8, 4) is 0 Å². The van der Waals surface area contributed by atoms with E-state index in [0.717, 1.165) is 23.4 Å². The number of hydrogen-bond acceptors (Lipinski definition) is 1. The van der Waals surface area contributed by atoms with Crippen molar-refractivity contribution in [3.63, 3.8) is 0 Å². The highest BCUT2D eigenvalue weighted by Crippen LogP contribution is 2.37. The summed E-state index contributed by atoms with van der Waals surface area (Å²) in [5.41, 5.74) is 1.20. The van der Waals surface area contributed by atoms with Gasteiger partial charge in [-0.05, 0) is 43.4 Å². The first kappa shape index (κ1) is 11.0. The molecule has 1 saturated carbocycles. The molecule has 0 radical (unpaired) electrons. The van der Waals surface area contributed by atoms with Crippen molar-refractivity contribution in [2.45, 2.75) is 26.3 Å². The second-order valence-electron chi connectivity index (χ2n) is 4.62. The molecule has 0 spiro atoms. The lowest BCUT2D eigenvalue weighted by Gasteiger charge is -2.15. The molecule has 0 aliphatic heterocycles. The molecule has 3 atom stereocenters. The van der Waals surface area contributed by atoms with Crippen LogP contribution in [0.15, 0.2) is 24.3 Å². The minimum absolute atomic E-state index is 0.353. The number of nitrogens with one attached hydrogen (secondary N) is 1. The van der Waals surface area contributed by atoms with Gasteiger partial charge in [0.15, 0.2) is 0 Å². The molecule has 15 heavy (non-hydrogen) atoms. The predicted octanol–water partition coefficient (Wildman–Crippen LogP) is 3.65. The van der Waals surface area contributed by atoms with Gasteiger partial charge in [-0.3, -0.25) is 0 Å². The third-order valence-corrected chi connectivity index (χ3v) is 3.68. The van der Waals surface area contributed by atoms with Gasteiger partial charge in [0.05, 0.1) is 0 Å². The molecule has 3 unspecified atom stereocenters. The average Bonchev–Trinajstić information content (AvgIpc) is 2.92. The van der Waals surface area contributed by atoms with Gasteiger partial charge in [0.25, 0.3) is 0 Å². The molecule has 0 amide bonds. The lowest BCUT2D eigenvalue weighted by molar-refractivity contribution is 0.535. The van der Waals surface area contributed by atoms with Crippen molar-refractivity contribution in [3.05, 3.63) is 34.9 Å². The molecule has 82 valence electrons. The lowest BCUT2D eigenvalue weighted by Crippen LogP contribution is -2.21. The van der Waals surface area contributed by atoms with Crippen LogP contribution in [0.1, 0.15) is 31.9 Å². The fraction of sp³-hybridized carbons (Fsp3) is 0.538. The standard InChI is InChI=1S/C13H18ClN/c1-9-7-11(9)8-15-10(2)12-5-3-4-6-13(12)14/h3-6,9-11,15H,7-8H2,1-2H3. The van der Waals surface area contributed by atoms with E-state index < -0.39 is 0 Å². The van der Waals surface area contributed by atoms with Gasteiger partial charge >= 0.3 is 0 Å². The first-order valence-corrected chi connectivity index (χ1v) is 6.04. The van der Waals surface area contributed by atoms with Gasteiger partial charge in [-0.15, -0.1) is 0 Å². The molecule has 2 heteroatoms. The van der Waals surface area contributed by atoms with Crippen LogP contribution in [0.25, 0.3) is 0 Å². The van der Waals surface area contributed by atoms with Crippen molar-refractivity contribution < 1.29 is 0 Å². The van der Waals surface area contributed by atoms with Crippen molar-refractivity contribution in [1.82, 2.24) is 5.32 Å². The quantitative estimate of drug-likeness (QED) is 0.822. The van der Waals surface area contributed by atoms with Crippen LogP contribution >= 0.6 is 11.6 Å². The lowest BCUT2D eigenvalue weighted by atomic mass is 10.1. The Labute approximate surface area is 96.8 Å². The summed E-state index contributed by atoms with van der Waals surface area (Å²) in [6, 6.07) is 8.41. The summed E-state index contributed by atoms with van der Waals surface area (Å²) in [5.74, 6) is 1.80. The fourth-order valence-electron chi connectivity index (χ4n) is 1.95. The van der Waals surface area contributed by atoms with Crippen LogP contribution < -0.4 is 5.32 Å². The van der Waals surface area contributed by atoms with E-state index >= 15 is 0 Å². The molecule has 0 bridgehead atoms. The van der Waals surface area contributed by atoms with Crippen LogP contribution in [-0.4, -0.2) is 6.54 Å². The topological polar surface area (TPSA) is 12.0 Å². The highest BCUT2D eigenvalue weighted by Gasteiger charge is 2.32. The second-order valence-corrected chi connectivity index (χ2v) is 5.03. The van der Waals surface area contributed by atoms with Gasteiger partial charge < -0.3 is 5.32 Å². The molecule has 0 aromatic heterocycles.